The number of halogens is 3. The second kappa shape index (κ2) is 7.03. The minimum absolute atomic E-state index is 0.0617. The van der Waals surface area contributed by atoms with Gasteiger partial charge in [0, 0.05) is 17.8 Å². The lowest BCUT2D eigenvalue weighted by molar-refractivity contribution is -0.137. The molecule has 5 nitrogen and oxygen atoms in total. The van der Waals surface area contributed by atoms with Crippen molar-refractivity contribution in [1.29, 1.82) is 0 Å². The number of fused-ring (bicyclic) bond motifs is 1. The van der Waals surface area contributed by atoms with Crippen LogP contribution in [0.2, 0.25) is 0 Å². The molecule has 2 fully saturated rings. The van der Waals surface area contributed by atoms with Crippen molar-refractivity contribution in [3.63, 3.8) is 0 Å². The molecular weight excluding hydrogens is 335 g/mol. The summed E-state index contributed by atoms with van der Waals surface area (Å²) in [7, 11) is 0. The Morgan fingerprint density at radius 1 is 1.20 bits per heavy atom. The van der Waals surface area contributed by atoms with Crippen molar-refractivity contribution in [2.45, 2.75) is 56.4 Å². The summed E-state index contributed by atoms with van der Waals surface area (Å²) in [5.74, 6) is -0.733. The first kappa shape index (κ1) is 17.7. The first-order chi connectivity index (χ1) is 11.8. The Labute approximate surface area is 143 Å². The average Bonchev–Trinajstić information content (AvgIpc) is 2.55. The molecule has 3 rings (SSSR count). The smallest absolute Gasteiger partial charge is 0.350 e. The van der Waals surface area contributed by atoms with E-state index in [1.807, 2.05) is 0 Å². The van der Waals surface area contributed by atoms with Crippen LogP contribution in [-0.4, -0.2) is 29.9 Å². The number of benzene rings is 1. The molecule has 2 aliphatic rings. The molecule has 0 spiro atoms. The van der Waals surface area contributed by atoms with Gasteiger partial charge in [-0.1, -0.05) is 18.9 Å². The first-order valence-corrected chi connectivity index (χ1v) is 8.36. The Bertz CT molecular complexity index is 663. The highest BCUT2D eigenvalue weighted by Crippen LogP contribution is 2.30. The van der Waals surface area contributed by atoms with Crippen molar-refractivity contribution in [2.75, 3.05) is 5.32 Å². The van der Waals surface area contributed by atoms with Gasteiger partial charge in [-0.3, -0.25) is 9.59 Å². The fourth-order valence-electron chi connectivity index (χ4n) is 3.44. The van der Waals surface area contributed by atoms with Crippen molar-refractivity contribution in [3.8, 4) is 0 Å². The third-order valence-corrected chi connectivity index (χ3v) is 4.69. The van der Waals surface area contributed by atoms with E-state index in [1.165, 1.54) is 12.1 Å². The number of piperazine rings is 1. The SMILES string of the molecule is O=C(C[C@@H]1N[C@@H]2CCCC[C@H]2NC1=O)Nc1cccc(C(F)(F)F)c1. The van der Waals surface area contributed by atoms with Gasteiger partial charge in [-0.25, -0.2) is 0 Å². The van der Waals surface area contributed by atoms with E-state index in [0.29, 0.717) is 0 Å². The molecule has 1 aromatic rings. The van der Waals surface area contributed by atoms with Crippen LogP contribution in [0.3, 0.4) is 0 Å². The van der Waals surface area contributed by atoms with E-state index in [1.54, 1.807) is 0 Å². The van der Waals surface area contributed by atoms with E-state index in [9.17, 15) is 22.8 Å². The predicted molar refractivity (Wildman–Crippen MR) is 85.8 cm³/mol. The number of nitrogens with one attached hydrogen (secondary N) is 3. The molecule has 1 saturated heterocycles. The zero-order valence-corrected chi connectivity index (χ0v) is 13.5. The second-order valence-electron chi connectivity index (χ2n) is 6.56. The van der Waals surface area contributed by atoms with Crippen LogP contribution in [0.5, 0.6) is 0 Å². The molecule has 3 N–H and O–H groups in total. The third kappa shape index (κ3) is 4.31. The summed E-state index contributed by atoms with van der Waals surface area (Å²) in [5.41, 5.74) is -0.768. The fraction of sp³-hybridized carbons (Fsp3) is 0.529. The van der Waals surface area contributed by atoms with Crippen molar-refractivity contribution in [2.24, 2.45) is 0 Å². The number of carbonyl (C=O) groups excluding carboxylic acids is 2. The maximum absolute atomic E-state index is 12.7. The monoisotopic (exact) mass is 355 g/mol. The molecule has 1 aliphatic heterocycles. The van der Waals surface area contributed by atoms with Gasteiger partial charge in [-0.2, -0.15) is 13.2 Å². The van der Waals surface area contributed by atoms with Gasteiger partial charge < -0.3 is 16.0 Å². The highest BCUT2D eigenvalue weighted by Gasteiger charge is 2.37. The highest BCUT2D eigenvalue weighted by atomic mass is 19.4. The molecule has 0 radical (unpaired) electrons. The molecule has 1 saturated carbocycles. The second-order valence-corrected chi connectivity index (χ2v) is 6.56. The van der Waals surface area contributed by atoms with Crippen molar-refractivity contribution in [3.05, 3.63) is 29.8 Å². The Hall–Kier alpha value is -2.09. The predicted octanol–water partition coefficient (Wildman–Crippen LogP) is 2.43. The molecule has 1 aliphatic carbocycles. The summed E-state index contributed by atoms with van der Waals surface area (Å²) in [6.45, 7) is 0. The number of amides is 2. The standard InChI is InChI=1S/C17H20F3N3O2/c18-17(19,20)10-4-3-5-11(8-10)21-15(24)9-14-16(25)23-13-7-2-1-6-12(13)22-14/h3-5,8,12-14,22H,1-2,6-7,9H2,(H,21,24)(H,23,25)/t12-,13-,14+/m1/s1. The number of alkyl halides is 3. The Morgan fingerprint density at radius 3 is 2.64 bits per heavy atom. The topological polar surface area (TPSA) is 70.2 Å². The Kier molecular flexibility index (Phi) is 4.99. The lowest BCUT2D eigenvalue weighted by atomic mass is 9.87. The molecule has 25 heavy (non-hydrogen) atoms. The largest absolute Gasteiger partial charge is 0.416 e. The quantitative estimate of drug-likeness (QED) is 0.780. The van der Waals surface area contributed by atoms with Crippen LogP contribution in [0.15, 0.2) is 24.3 Å². The van der Waals surface area contributed by atoms with Crippen LogP contribution < -0.4 is 16.0 Å². The molecule has 136 valence electrons. The molecule has 2 amide bonds. The van der Waals surface area contributed by atoms with E-state index in [0.717, 1.165) is 37.8 Å². The van der Waals surface area contributed by atoms with Crippen LogP contribution in [0.25, 0.3) is 0 Å². The van der Waals surface area contributed by atoms with Gasteiger partial charge in [0.2, 0.25) is 11.8 Å². The van der Waals surface area contributed by atoms with E-state index >= 15 is 0 Å². The van der Waals surface area contributed by atoms with Crippen molar-refractivity contribution in [1.82, 2.24) is 10.6 Å². The number of rotatable bonds is 3. The molecule has 0 aromatic heterocycles. The van der Waals surface area contributed by atoms with Gasteiger partial charge in [0.25, 0.3) is 0 Å². The van der Waals surface area contributed by atoms with Gasteiger partial charge >= 0.3 is 6.18 Å². The third-order valence-electron chi connectivity index (χ3n) is 4.69. The fourth-order valence-corrected chi connectivity index (χ4v) is 3.44. The molecule has 1 aromatic carbocycles. The summed E-state index contributed by atoms with van der Waals surface area (Å²) in [4.78, 5) is 24.3. The zero-order chi connectivity index (χ0) is 18.0. The highest BCUT2D eigenvalue weighted by molar-refractivity contribution is 5.95. The minimum Gasteiger partial charge on any atom is -0.350 e. The summed E-state index contributed by atoms with van der Waals surface area (Å²) in [6.07, 6.45) is -0.576. The Morgan fingerprint density at radius 2 is 1.92 bits per heavy atom. The lowest BCUT2D eigenvalue weighted by Gasteiger charge is -2.40. The summed E-state index contributed by atoms with van der Waals surface area (Å²) < 4.78 is 38.1. The van der Waals surface area contributed by atoms with Crippen molar-refractivity contribution >= 4 is 17.5 Å². The van der Waals surface area contributed by atoms with Crippen LogP contribution in [-0.2, 0) is 15.8 Å². The summed E-state index contributed by atoms with van der Waals surface area (Å²) >= 11 is 0. The molecule has 1 heterocycles. The number of anilines is 1. The van der Waals surface area contributed by atoms with Gasteiger partial charge in [0.05, 0.1) is 18.0 Å². The maximum atomic E-state index is 12.7. The van der Waals surface area contributed by atoms with Gasteiger partial charge in [0.1, 0.15) is 0 Å². The van der Waals surface area contributed by atoms with Crippen LogP contribution in [0.4, 0.5) is 18.9 Å². The molecule has 8 heteroatoms. The summed E-state index contributed by atoms with van der Waals surface area (Å²) in [5, 5.41) is 8.58. The number of hydrogen-bond donors (Lipinski definition) is 3. The first-order valence-electron chi connectivity index (χ1n) is 8.36. The van der Waals surface area contributed by atoms with E-state index in [-0.39, 0.29) is 30.1 Å². The minimum atomic E-state index is -4.47. The number of carbonyl (C=O) groups is 2. The average molecular weight is 355 g/mol. The van der Waals surface area contributed by atoms with E-state index < -0.39 is 23.7 Å². The van der Waals surface area contributed by atoms with Gasteiger partial charge in [-0.05, 0) is 31.0 Å². The van der Waals surface area contributed by atoms with E-state index in [4.69, 9.17) is 0 Å². The molecule has 3 atom stereocenters. The van der Waals surface area contributed by atoms with Gasteiger partial charge in [-0.15, -0.1) is 0 Å². The summed E-state index contributed by atoms with van der Waals surface area (Å²) in [6, 6.07) is 4.03. The molecular formula is C17H20F3N3O2. The number of hydrogen-bond acceptors (Lipinski definition) is 3. The van der Waals surface area contributed by atoms with Gasteiger partial charge in [0.15, 0.2) is 0 Å². The van der Waals surface area contributed by atoms with Crippen LogP contribution in [0.1, 0.15) is 37.7 Å². The normalized spacial score (nSPS) is 26.5. The van der Waals surface area contributed by atoms with Crippen LogP contribution in [0, 0.1) is 0 Å². The molecule has 0 bridgehead atoms. The van der Waals surface area contributed by atoms with Crippen molar-refractivity contribution < 1.29 is 22.8 Å². The molecule has 0 unspecified atom stereocenters. The lowest BCUT2D eigenvalue weighted by Crippen LogP contribution is -2.65. The Balaban J connectivity index is 1.60. The maximum Gasteiger partial charge on any atom is 0.416 e. The zero-order valence-electron chi connectivity index (χ0n) is 13.5. The van der Waals surface area contributed by atoms with E-state index in [2.05, 4.69) is 16.0 Å². The van der Waals surface area contributed by atoms with Crippen LogP contribution >= 0.6 is 0 Å².